The van der Waals surface area contributed by atoms with E-state index < -0.39 is 11.7 Å². The van der Waals surface area contributed by atoms with Crippen LogP contribution in [0.2, 0.25) is 0 Å². The minimum absolute atomic E-state index is 0.00225. The van der Waals surface area contributed by atoms with E-state index in [-0.39, 0.29) is 30.2 Å². The summed E-state index contributed by atoms with van der Waals surface area (Å²) in [6.07, 6.45) is 0.0487. The highest BCUT2D eigenvalue weighted by atomic mass is 19.4. The molecule has 1 saturated carbocycles. The molecule has 42 heavy (non-hydrogen) atoms. The number of nitrogens with zero attached hydrogens (tertiary/aromatic N) is 2. The second kappa shape index (κ2) is 13.3. The van der Waals surface area contributed by atoms with E-state index in [0.29, 0.717) is 24.7 Å². The number of piperidine rings is 1. The highest BCUT2D eigenvalue weighted by Crippen LogP contribution is 2.35. The molecule has 1 heterocycles. The molecular formula is C33H34F3N3O3. The van der Waals surface area contributed by atoms with Crippen molar-refractivity contribution in [3.05, 3.63) is 89.5 Å². The summed E-state index contributed by atoms with van der Waals surface area (Å²) in [6.45, 7) is 1.43. The van der Waals surface area contributed by atoms with Gasteiger partial charge in [0.1, 0.15) is 18.1 Å². The zero-order valence-electron chi connectivity index (χ0n) is 23.3. The van der Waals surface area contributed by atoms with Gasteiger partial charge in [0.15, 0.2) is 0 Å². The van der Waals surface area contributed by atoms with E-state index in [9.17, 15) is 18.0 Å². The predicted octanol–water partition coefficient (Wildman–Crippen LogP) is 7.52. The highest BCUT2D eigenvalue weighted by molar-refractivity contribution is 5.77. The lowest BCUT2D eigenvalue weighted by Gasteiger charge is -2.33. The van der Waals surface area contributed by atoms with Gasteiger partial charge in [-0.3, -0.25) is 4.79 Å². The van der Waals surface area contributed by atoms with Crippen LogP contribution in [-0.4, -0.2) is 42.6 Å². The molecule has 5 rings (SSSR count). The maximum atomic E-state index is 13.3. The predicted molar refractivity (Wildman–Crippen MR) is 153 cm³/mol. The zero-order chi connectivity index (χ0) is 29.5. The van der Waals surface area contributed by atoms with Gasteiger partial charge in [-0.25, -0.2) is 0 Å². The van der Waals surface area contributed by atoms with Crippen molar-refractivity contribution in [3.8, 4) is 17.6 Å². The fraction of sp³-hybridized carbons (Fsp3) is 0.394. The monoisotopic (exact) mass is 577 g/mol. The molecule has 6 nitrogen and oxygen atoms in total. The van der Waals surface area contributed by atoms with Crippen molar-refractivity contribution in [3.63, 3.8) is 0 Å². The Morgan fingerprint density at radius 2 is 1.57 bits per heavy atom. The normalized spacial score (nSPS) is 19.6. The van der Waals surface area contributed by atoms with Crippen LogP contribution in [0.3, 0.4) is 0 Å². The van der Waals surface area contributed by atoms with Crippen LogP contribution in [0.25, 0.3) is 0 Å². The number of halogens is 3. The van der Waals surface area contributed by atoms with Crippen LogP contribution in [-0.2, 0) is 15.7 Å². The Balaban J connectivity index is 1.02. The molecule has 1 saturated heterocycles. The van der Waals surface area contributed by atoms with Crippen molar-refractivity contribution >= 4 is 11.6 Å². The number of likely N-dealkylation sites (tertiary alicyclic amines) is 1. The van der Waals surface area contributed by atoms with Crippen molar-refractivity contribution in [1.29, 1.82) is 5.26 Å². The van der Waals surface area contributed by atoms with Crippen molar-refractivity contribution in [2.45, 2.75) is 62.8 Å². The van der Waals surface area contributed by atoms with E-state index in [0.717, 1.165) is 56.1 Å². The molecule has 1 N–H and O–H groups in total. The third-order valence-corrected chi connectivity index (χ3v) is 8.11. The van der Waals surface area contributed by atoms with E-state index in [2.05, 4.69) is 17.4 Å². The fourth-order valence-corrected chi connectivity index (χ4v) is 5.75. The lowest BCUT2D eigenvalue weighted by atomic mass is 9.89. The maximum Gasteiger partial charge on any atom is 0.417 e. The molecule has 0 aromatic heterocycles. The molecule has 9 heteroatoms. The first-order valence-corrected chi connectivity index (χ1v) is 14.4. The number of carbonyl (C=O) groups is 1. The average molecular weight is 578 g/mol. The number of carbonyl (C=O) groups excluding carboxylic acids is 1. The van der Waals surface area contributed by atoms with E-state index in [1.165, 1.54) is 17.7 Å². The Labute approximate surface area is 244 Å². The minimum atomic E-state index is -4.58. The highest BCUT2D eigenvalue weighted by Gasteiger charge is 2.34. The molecule has 3 aromatic rings. The maximum absolute atomic E-state index is 13.3. The summed E-state index contributed by atoms with van der Waals surface area (Å²) >= 11 is 0. The van der Waals surface area contributed by atoms with Crippen LogP contribution in [0.15, 0.2) is 72.8 Å². The molecular weight excluding hydrogens is 543 g/mol. The number of alkyl halides is 3. The van der Waals surface area contributed by atoms with Crippen LogP contribution >= 0.6 is 0 Å². The second-order valence-corrected chi connectivity index (χ2v) is 10.9. The summed E-state index contributed by atoms with van der Waals surface area (Å²) < 4.78 is 51.6. The molecule has 1 amide bonds. The second-order valence-electron chi connectivity index (χ2n) is 10.9. The van der Waals surface area contributed by atoms with Gasteiger partial charge in [0, 0.05) is 24.8 Å². The van der Waals surface area contributed by atoms with E-state index in [4.69, 9.17) is 14.7 Å². The van der Waals surface area contributed by atoms with Crippen LogP contribution in [0.4, 0.5) is 18.9 Å². The molecule has 2 fully saturated rings. The molecule has 0 unspecified atom stereocenters. The van der Waals surface area contributed by atoms with Gasteiger partial charge in [0.2, 0.25) is 5.91 Å². The SMILES string of the molecule is N#Cc1ccc(N[C@H]2CC[C@H](OCC(=O)N3CCC(c4ccc(Oc5ccccc5)cc4)CC3)CC2)cc1C(F)(F)F. The molecule has 1 aliphatic carbocycles. The fourth-order valence-electron chi connectivity index (χ4n) is 5.75. The van der Waals surface area contributed by atoms with Gasteiger partial charge in [-0.2, -0.15) is 18.4 Å². The summed E-state index contributed by atoms with van der Waals surface area (Å²) in [6, 6.07) is 23.2. The first-order chi connectivity index (χ1) is 20.3. The molecule has 1 aliphatic heterocycles. The molecule has 2 aliphatic rings. The van der Waals surface area contributed by atoms with Crippen molar-refractivity contribution in [2.24, 2.45) is 0 Å². The van der Waals surface area contributed by atoms with Gasteiger partial charge in [0.05, 0.1) is 23.3 Å². The Morgan fingerprint density at radius 1 is 0.905 bits per heavy atom. The number of rotatable bonds is 8. The average Bonchev–Trinajstić information content (AvgIpc) is 3.01. The number of nitrogens with one attached hydrogen (secondary N) is 1. The molecule has 3 aromatic carbocycles. The first kappa shape index (κ1) is 29.5. The van der Waals surface area contributed by atoms with Gasteiger partial charge >= 0.3 is 6.18 Å². The van der Waals surface area contributed by atoms with Crippen molar-refractivity contribution in [1.82, 2.24) is 4.90 Å². The van der Waals surface area contributed by atoms with Crippen LogP contribution in [0.5, 0.6) is 11.5 Å². The van der Waals surface area contributed by atoms with Crippen molar-refractivity contribution in [2.75, 3.05) is 25.0 Å². The standard InChI is InChI=1S/C33H34F3N3O3/c34-33(35,36)31-20-27(9-6-25(31)21-37)38-26-10-14-28(15-11-26)41-22-32(40)39-18-16-24(17-19-39)23-7-12-30(13-8-23)42-29-4-2-1-3-5-29/h1-9,12-13,20,24,26,28,38H,10-11,14-19,22H2/t26-,28-. The molecule has 0 bridgehead atoms. The Hall–Kier alpha value is -4.03. The largest absolute Gasteiger partial charge is 0.457 e. The van der Waals surface area contributed by atoms with Crippen LogP contribution in [0, 0.1) is 11.3 Å². The van der Waals surface area contributed by atoms with E-state index in [1.54, 1.807) is 6.07 Å². The third kappa shape index (κ3) is 7.62. The number of hydrogen-bond donors (Lipinski definition) is 1. The summed E-state index contributed by atoms with van der Waals surface area (Å²) in [5.41, 5.74) is 0.281. The Bertz CT molecular complexity index is 1370. The summed E-state index contributed by atoms with van der Waals surface area (Å²) in [5, 5.41) is 12.2. The number of anilines is 1. The third-order valence-electron chi connectivity index (χ3n) is 8.11. The van der Waals surface area contributed by atoms with Crippen LogP contribution in [0.1, 0.15) is 61.1 Å². The summed E-state index contributed by atoms with van der Waals surface area (Å²) in [5.74, 6) is 1.99. The molecule has 0 spiro atoms. The number of amides is 1. The number of nitriles is 1. The van der Waals surface area contributed by atoms with E-state index >= 15 is 0 Å². The Kier molecular flexibility index (Phi) is 9.33. The lowest BCUT2D eigenvalue weighted by molar-refractivity contribution is -0.140. The quantitative estimate of drug-likeness (QED) is 0.300. The van der Waals surface area contributed by atoms with E-state index in [1.807, 2.05) is 47.4 Å². The van der Waals surface area contributed by atoms with Gasteiger partial charge in [-0.1, -0.05) is 30.3 Å². The molecule has 220 valence electrons. The smallest absolute Gasteiger partial charge is 0.417 e. The number of hydrogen-bond acceptors (Lipinski definition) is 5. The lowest BCUT2D eigenvalue weighted by Crippen LogP contribution is -2.41. The van der Waals surface area contributed by atoms with Gasteiger partial charge < -0.3 is 19.7 Å². The first-order valence-electron chi connectivity index (χ1n) is 14.4. The van der Waals surface area contributed by atoms with Crippen LogP contribution < -0.4 is 10.1 Å². The molecule has 0 atom stereocenters. The summed E-state index contributed by atoms with van der Waals surface area (Å²) in [7, 11) is 0. The zero-order valence-corrected chi connectivity index (χ0v) is 23.3. The van der Waals surface area contributed by atoms with Gasteiger partial charge in [-0.15, -0.1) is 0 Å². The Morgan fingerprint density at radius 3 is 2.21 bits per heavy atom. The van der Waals surface area contributed by atoms with Gasteiger partial charge in [-0.05, 0) is 92.5 Å². The topological polar surface area (TPSA) is 74.6 Å². The minimum Gasteiger partial charge on any atom is -0.457 e. The molecule has 0 radical (unpaired) electrons. The number of para-hydroxylation sites is 1. The number of benzene rings is 3. The summed E-state index contributed by atoms with van der Waals surface area (Å²) in [4.78, 5) is 14.7. The van der Waals surface area contributed by atoms with Crippen molar-refractivity contribution < 1.29 is 27.4 Å². The van der Waals surface area contributed by atoms with Gasteiger partial charge in [0.25, 0.3) is 0 Å². The number of ether oxygens (including phenoxy) is 2.